The van der Waals surface area contributed by atoms with E-state index in [4.69, 9.17) is 16.4 Å². The van der Waals surface area contributed by atoms with Gasteiger partial charge in [-0.2, -0.15) is 4.31 Å². The molecule has 0 fully saturated rings. The molecule has 0 aromatic heterocycles. The Morgan fingerprint density at radius 2 is 1.92 bits per heavy atom. The molecule has 142 valence electrons. The molecule has 1 unspecified atom stereocenters. The lowest BCUT2D eigenvalue weighted by molar-refractivity contribution is -0.173. The van der Waals surface area contributed by atoms with Crippen molar-refractivity contribution in [2.45, 2.75) is 31.2 Å². The molecule has 1 rings (SSSR count). The second-order valence-electron chi connectivity index (χ2n) is 5.88. The second kappa shape index (κ2) is 8.77. The molecule has 6 nitrogen and oxygen atoms in total. The number of hydroxylamine groups is 2. The fourth-order valence-corrected chi connectivity index (χ4v) is 4.21. The van der Waals surface area contributed by atoms with E-state index >= 15 is 0 Å². The number of rotatable bonds is 7. The molecule has 10 heteroatoms. The minimum Gasteiger partial charge on any atom is -0.275 e. The lowest BCUT2D eigenvalue weighted by Crippen LogP contribution is -2.48. The zero-order valence-electron chi connectivity index (χ0n) is 14.6. The third kappa shape index (κ3) is 5.13. The van der Waals surface area contributed by atoms with Gasteiger partial charge in [-0.05, 0) is 40.4 Å². The summed E-state index contributed by atoms with van der Waals surface area (Å²) in [5.74, 6) is -1.51. The summed E-state index contributed by atoms with van der Waals surface area (Å²) >= 11 is 8.87. The number of amides is 1. The number of carbonyl (C=O) groups excluding carboxylic acids is 1. The third-order valence-corrected chi connectivity index (χ3v) is 6.71. The van der Waals surface area contributed by atoms with Gasteiger partial charge in [0, 0.05) is 18.6 Å². The smallest absolute Gasteiger partial charge is 0.264 e. The van der Waals surface area contributed by atoms with Crippen molar-refractivity contribution in [2.75, 3.05) is 21.2 Å². The van der Waals surface area contributed by atoms with Crippen molar-refractivity contribution in [2.24, 2.45) is 5.92 Å². The van der Waals surface area contributed by atoms with E-state index in [1.54, 1.807) is 0 Å². The Balaban J connectivity index is 3.37. The fourth-order valence-electron chi connectivity index (χ4n) is 2.18. The topological polar surface area (TPSA) is 66.9 Å². The van der Waals surface area contributed by atoms with Gasteiger partial charge in [-0.15, -0.1) is 0 Å². The molecule has 0 aliphatic rings. The Hall–Kier alpha value is -0.740. The first-order valence-corrected chi connectivity index (χ1v) is 9.98. The summed E-state index contributed by atoms with van der Waals surface area (Å²) in [5.41, 5.74) is 0. The first-order valence-electron chi connectivity index (χ1n) is 7.37. The normalized spacial score (nSPS) is 13.4. The summed E-state index contributed by atoms with van der Waals surface area (Å²) in [6.07, 6.45) is 0.249. The van der Waals surface area contributed by atoms with Gasteiger partial charge in [0.25, 0.3) is 5.91 Å². The van der Waals surface area contributed by atoms with E-state index < -0.39 is 32.7 Å². The Morgan fingerprint density at radius 1 is 1.36 bits per heavy atom. The Bertz CT molecular complexity index is 745. The number of hydrogen-bond donors (Lipinski definition) is 0. The van der Waals surface area contributed by atoms with Crippen molar-refractivity contribution in [3.8, 4) is 0 Å². The number of halogens is 3. The molecule has 0 spiro atoms. The van der Waals surface area contributed by atoms with E-state index in [9.17, 15) is 17.6 Å². The van der Waals surface area contributed by atoms with Gasteiger partial charge in [-0.25, -0.2) is 17.9 Å². The summed E-state index contributed by atoms with van der Waals surface area (Å²) < 4.78 is 41.0. The molecule has 1 atom stereocenters. The van der Waals surface area contributed by atoms with Crippen LogP contribution in [0.1, 0.15) is 20.3 Å². The second-order valence-corrected chi connectivity index (χ2v) is 9.11. The van der Waals surface area contributed by atoms with Crippen LogP contribution < -0.4 is 0 Å². The summed E-state index contributed by atoms with van der Waals surface area (Å²) in [6, 6.07) is 0.955. The number of sulfonamides is 1. The quantitative estimate of drug-likeness (QED) is 0.463. The van der Waals surface area contributed by atoms with E-state index in [2.05, 4.69) is 15.9 Å². The first-order chi connectivity index (χ1) is 11.4. The average molecular weight is 460 g/mol. The van der Waals surface area contributed by atoms with E-state index in [1.807, 2.05) is 13.8 Å². The predicted octanol–water partition coefficient (Wildman–Crippen LogP) is 3.30. The lowest BCUT2D eigenvalue weighted by atomic mass is 10.0. The van der Waals surface area contributed by atoms with Gasteiger partial charge < -0.3 is 0 Å². The SMILES string of the molecule is CON(C)C(=O)C(CC(C)C)N(C)S(=O)(=O)c1cc(Br)c(Cl)cc1F. The maximum Gasteiger partial charge on any atom is 0.264 e. The van der Waals surface area contributed by atoms with Crippen LogP contribution in [0.5, 0.6) is 0 Å². The molecule has 0 radical (unpaired) electrons. The highest BCUT2D eigenvalue weighted by Gasteiger charge is 2.36. The molecular formula is C15H21BrClFN2O4S. The lowest BCUT2D eigenvalue weighted by Gasteiger charge is -2.30. The van der Waals surface area contributed by atoms with Crippen LogP contribution in [0.25, 0.3) is 0 Å². The Kier molecular flexibility index (Phi) is 7.82. The van der Waals surface area contributed by atoms with Gasteiger partial charge in [0.2, 0.25) is 10.0 Å². The molecule has 1 amide bonds. The zero-order valence-corrected chi connectivity index (χ0v) is 17.7. The molecule has 1 aromatic rings. The van der Waals surface area contributed by atoms with Crippen molar-refractivity contribution in [1.29, 1.82) is 0 Å². The van der Waals surface area contributed by atoms with Crippen LogP contribution in [0, 0.1) is 11.7 Å². The van der Waals surface area contributed by atoms with Crippen LogP contribution in [0.3, 0.4) is 0 Å². The molecule has 0 saturated heterocycles. The summed E-state index contributed by atoms with van der Waals surface area (Å²) in [7, 11) is -0.347. The summed E-state index contributed by atoms with van der Waals surface area (Å²) in [5, 5.41) is 1.00. The van der Waals surface area contributed by atoms with Crippen molar-refractivity contribution >= 4 is 43.5 Å². The monoisotopic (exact) mass is 458 g/mol. The number of likely N-dealkylation sites (N-methyl/N-ethyl adjacent to an activating group) is 2. The summed E-state index contributed by atoms with van der Waals surface area (Å²) in [6.45, 7) is 3.71. The number of benzene rings is 1. The first kappa shape index (κ1) is 22.3. The molecule has 0 aliphatic carbocycles. The molecular weight excluding hydrogens is 439 g/mol. The molecule has 0 N–H and O–H groups in total. The highest BCUT2D eigenvalue weighted by atomic mass is 79.9. The number of nitrogens with zero attached hydrogens (tertiary/aromatic N) is 2. The van der Waals surface area contributed by atoms with E-state index in [1.165, 1.54) is 21.2 Å². The molecule has 0 bridgehead atoms. The van der Waals surface area contributed by atoms with Crippen LogP contribution in [0.2, 0.25) is 5.02 Å². The van der Waals surface area contributed by atoms with Crippen molar-refractivity contribution in [3.05, 3.63) is 27.4 Å². The predicted molar refractivity (Wildman–Crippen MR) is 97.1 cm³/mol. The van der Waals surface area contributed by atoms with Crippen LogP contribution in [0.4, 0.5) is 4.39 Å². The maximum absolute atomic E-state index is 14.2. The van der Waals surface area contributed by atoms with Gasteiger partial charge in [0.05, 0.1) is 12.1 Å². The minimum absolute atomic E-state index is 0.0265. The van der Waals surface area contributed by atoms with E-state index in [0.29, 0.717) is 0 Å². The summed E-state index contributed by atoms with van der Waals surface area (Å²) in [4.78, 5) is 16.8. The molecule has 0 saturated carbocycles. The standard InChI is InChI=1S/C15H21BrClFN2O4S/c1-9(2)6-13(15(21)19(3)24-5)20(4)25(22,23)14-7-10(16)11(17)8-12(14)18/h7-9,13H,6H2,1-5H3. The third-order valence-electron chi connectivity index (χ3n) is 3.63. The molecule has 0 heterocycles. The average Bonchev–Trinajstić information content (AvgIpc) is 2.53. The van der Waals surface area contributed by atoms with Crippen molar-refractivity contribution in [1.82, 2.24) is 9.37 Å². The Morgan fingerprint density at radius 3 is 2.40 bits per heavy atom. The molecule has 25 heavy (non-hydrogen) atoms. The minimum atomic E-state index is -4.27. The maximum atomic E-state index is 14.2. The van der Waals surface area contributed by atoms with Crippen LogP contribution in [0.15, 0.2) is 21.5 Å². The highest BCUT2D eigenvalue weighted by molar-refractivity contribution is 9.10. The van der Waals surface area contributed by atoms with Crippen LogP contribution >= 0.6 is 27.5 Å². The number of carbonyl (C=O) groups is 1. The highest BCUT2D eigenvalue weighted by Crippen LogP contribution is 2.30. The largest absolute Gasteiger partial charge is 0.275 e. The molecule has 0 aliphatic heterocycles. The van der Waals surface area contributed by atoms with E-state index in [0.717, 1.165) is 21.5 Å². The Labute approximate surface area is 161 Å². The van der Waals surface area contributed by atoms with Gasteiger partial charge in [-0.3, -0.25) is 9.63 Å². The van der Waals surface area contributed by atoms with Gasteiger partial charge >= 0.3 is 0 Å². The molecule has 1 aromatic carbocycles. The van der Waals surface area contributed by atoms with Crippen LogP contribution in [-0.4, -0.2) is 50.9 Å². The fraction of sp³-hybridized carbons (Fsp3) is 0.533. The van der Waals surface area contributed by atoms with Gasteiger partial charge in [0.1, 0.15) is 16.8 Å². The van der Waals surface area contributed by atoms with Crippen LogP contribution in [-0.2, 0) is 19.7 Å². The van der Waals surface area contributed by atoms with Gasteiger partial charge in [0.15, 0.2) is 0 Å². The van der Waals surface area contributed by atoms with Crippen molar-refractivity contribution < 1.29 is 22.4 Å². The van der Waals surface area contributed by atoms with E-state index in [-0.39, 0.29) is 21.8 Å². The van der Waals surface area contributed by atoms with Crippen molar-refractivity contribution in [3.63, 3.8) is 0 Å². The number of hydrogen-bond acceptors (Lipinski definition) is 4. The van der Waals surface area contributed by atoms with Gasteiger partial charge in [-0.1, -0.05) is 25.4 Å². The zero-order chi connectivity index (χ0) is 19.5.